The molecule has 0 aliphatic carbocycles. The lowest BCUT2D eigenvalue weighted by molar-refractivity contribution is -0.129. The van der Waals surface area contributed by atoms with Gasteiger partial charge in [0.1, 0.15) is 17.4 Å². The van der Waals surface area contributed by atoms with Crippen molar-refractivity contribution in [3.8, 4) is 22.6 Å². The summed E-state index contributed by atoms with van der Waals surface area (Å²) in [6, 6.07) is 12.1. The molecule has 31 heavy (non-hydrogen) atoms. The van der Waals surface area contributed by atoms with Gasteiger partial charge in [-0.2, -0.15) is 5.10 Å². The molecule has 2 aromatic carbocycles. The van der Waals surface area contributed by atoms with Crippen molar-refractivity contribution < 1.29 is 13.9 Å². The maximum Gasteiger partial charge on any atom is 0.348 e. The molecule has 162 valence electrons. The quantitative estimate of drug-likeness (QED) is 0.659. The van der Waals surface area contributed by atoms with Gasteiger partial charge in [-0.15, -0.1) is 0 Å². The van der Waals surface area contributed by atoms with Crippen LogP contribution in [0.4, 0.5) is 4.39 Å². The average molecular weight is 424 g/mol. The molecule has 3 aromatic rings. The lowest BCUT2D eigenvalue weighted by Crippen LogP contribution is -2.28. The second-order valence-electron chi connectivity index (χ2n) is 7.73. The topological polar surface area (TPSA) is 80.2 Å². The highest BCUT2D eigenvalue weighted by atomic mass is 19.1. The minimum Gasteiger partial charge on any atom is -0.497 e. The number of methoxy groups -OCH3 is 1. The number of hydrogen-bond donors (Lipinski definition) is 1. The number of amides is 1. The monoisotopic (exact) mass is 424 g/mol. The summed E-state index contributed by atoms with van der Waals surface area (Å²) in [6.45, 7) is 3.18. The van der Waals surface area contributed by atoms with Crippen LogP contribution in [0.5, 0.6) is 5.75 Å². The zero-order valence-electron chi connectivity index (χ0n) is 17.6. The van der Waals surface area contributed by atoms with Crippen molar-refractivity contribution in [2.24, 2.45) is 5.92 Å². The molecule has 0 unspecified atom stereocenters. The summed E-state index contributed by atoms with van der Waals surface area (Å²) in [5, 5.41) is 6.57. The number of benzene rings is 2. The van der Waals surface area contributed by atoms with Crippen molar-refractivity contribution in [1.82, 2.24) is 19.7 Å². The van der Waals surface area contributed by atoms with E-state index in [4.69, 9.17) is 4.74 Å². The van der Waals surface area contributed by atoms with Crippen LogP contribution in [-0.2, 0) is 11.2 Å². The fourth-order valence-electron chi connectivity index (χ4n) is 4.09. The zero-order chi connectivity index (χ0) is 22.0. The molecule has 1 aliphatic heterocycles. The van der Waals surface area contributed by atoms with Gasteiger partial charge in [-0.3, -0.25) is 4.79 Å². The van der Waals surface area contributed by atoms with Crippen molar-refractivity contribution in [2.45, 2.75) is 26.2 Å². The largest absolute Gasteiger partial charge is 0.497 e. The highest BCUT2D eigenvalue weighted by Gasteiger charge is 2.27. The van der Waals surface area contributed by atoms with Crippen LogP contribution in [-0.4, -0.2) is 45.8 Å². The summed E-state index contributed by atoms with van der Waals surface area (Å²) >= 11 is 0. The van der Waals surface area contributed by atoms with Gasteiger partial charge in [0.15, 0.2) is 0 Å². The van der Waals surface area contributed by atoms with Gasteiger partial charge >= 0.3 is 5.69 Å². The number of nitrogens with one attached hydrogen (secondary N) is 1. The molecule has 7 nitrogen and oxygen atoms in total. The maximum absolute atomic E-state index is 15.1. The van der Waals surface area contributed by atoms with Gasteiger partial charge in [0.05, 0.1) is 12.8 Å². The number of rotatable bonds is 6. The molecule has 1 N–H and O–H groups in total. The first-order valence-corrected chi connectivity index (χ1v) is 10.4. The number of H-pyrrole nitrogens is 1. The van der Waals surface area contributed by atoms with E-state index in [-0.39, 0.29) is 17.5 Å². The molecule has 0 radical (unpaired) electrons. The maximum atomic E-state index is 15.1. The van der Waals surface area contributed by atoms with E-state index in [0.717, 1.165) is 12.0 Å². The van der Waals surface area contributed by atoms with Crippen LogP contribution in [0.15, 0.2) is 47.3 Å². The molecule has 1 amide bonds. The number of aromatic amines is 1. The minimum absolute atomic E-state index is 0.126. The van der Waals surface area contributed by atoms with Crippen LogP contribution in [0, 0.1) is 11.7 Å². The molecule has 1 aliphatic rings. The SMILES string of the molecule is CCC(=O)N1CC[C@@H](Cc2n[nH]c(=O)n2-c2ccc(-c3cccc(OC)c3)cc2F)C1. The predicted octanol–water partition coefficient (Wildman–Crippen LogP) is 3.18. The van der Waals surface area contributed by atoms with Crippen LogP contribution >= 0.6 is 0 Å². The lowest BCUT2D eigenvalue weighted by atomic mass is 10.0. The molecule has 0 spiro atoms. The zero-order valence-corrected chi connectivity index (χ0v) is 17.6. The highest BCUT2D eigenvalue weighted by molar-refractivity contribution is 5.76. The molecular weight excluding hydrogens is 399 g/mol. The van der Waals surface area contributed by atoms with Crippen LogP contribution in [0.1, 0.15) is 25.6 Å². The van der Waals surface area contributed by atoms with E-state index in [9.17, 15) is 9.59 Å². The van der Waals surface area contributed by atoms with Crippen molar-refractivity contribution in [3.05, 3.63) is 64.6 Å². The second kappa shape index (κ2) is 8.75. The number of likely N-dealkylation sites (tertiary alicyclic amines) is 1. The summed E-state index contributed by atoms with van der Waals surface area (Å²) in [4.78, 5) is 26.2. The molecule has 1 aromatic heterocycles. The molecule has 1 atom stereocenters. The molecule has 1 fully saturated rings. The Bertz CT molecular complexity index is 1150. The fraction of sp³-hybridized carbons (Fsp3) is 0.348. The van der Waals surface area contributed by atoms with Crippen LogP contribution in [0.2, 0.25) is 0 Å². The third-order valence-electron chi connectivity index (χ3n) is 5.75. The molecule has 1 saturated heterocycles. The van der Waals surface area contributed by atoms with E-state index >= 15 is 4.39 Å². The van der Waals surface area contributed by atoms with Crippen LogP contribution in [0.3, 0.4) is 0 Å². The van der Waals surface area contributed by atoms with E-state index in [1.165, 1.54) is 10.6 Å². The number of carbonyl (C=O) groups excluding carboxylic acids is 1. The second-order valence-corrected chi connectivity index (χ2v) is 7.73. The first-order chi connectivity index (χ1) is 15.0. The van der Waals surface area contributed by atoms with E-state index < -0.39 is 11.5 Å². The average Bonchev–Trinajstić information content (AvgIpc) is 3.40. The van der Waals surface area contributed by atoms with Gasteiger partial charge in [0.25, 0.3) is 0 Å². The smallest absolute Gasteiger partial charge is 0.348 e. The highest BCUT2D eigenvalue weighted by Crippen LogP contribution is 2.27. The molecule has 8 heteroatoms. The Morgan fingerprint density at radius 1 is 1.26 bits per heavy atom. The van der Waals surface area contributed by atoms with E-state index in [2.05, 4.69) is 10.2 Å². The van der Waals surface area contributed by atoms with Crippen molar-refractivity contribution in [1.29, 1.82) is 0 Å². The Balaban J connectivity index is 1.60. The van der Waals surface area contributed by atoms with E-state index in [1.807, 2.05) is 36.1 Å². The van der Waals surface area contributed by atoms with E-state index in [0.29, 0.717) is 43.1 Å². The normalized spacial score (nSPS) is 16.0. The summed E-state index contributed by atoms with van der Waals surface area (Å²) in [5.74, 6) is 0.945. The van der Waals surface area contributed by atoms with Gasteiger partial charge < -0.3 is 9.64 Å². The number of halogens is 1. The van der Waals surface area contributed by atoms with Crippen LogP contribution < -0.4 is 10.4 Å². The number of carbonyl (C=O) groups is 1. The Labute approximate surface area is 179 Å². The minimum atomic E-state index is -0.515. The third kappa shape index (κ3) is 4.23. The van der Waals surface area contributed by atoms with Gasteiger partial charge in [-0.25, -0.2) is 18.9 Å². The molecule has 0 saturated carbocycles. The Morgan fingerprint density at radius 3 is 2.81 bits per heavy atom. The molecule has 4 rings (SSSR count). The predicted molar refractivity (Wildman–Crippen MR) is 115 cm³/mol. The van der Waals surface area contributed by atoms with Gasteiger partial charge in [-0.1, -0.05) is 25.1 Å². The molecule has 0 bridgehead atoms. The number of nitrogens with zero attached hydrogens (tertiary/aromatic N) is 3. The van der Waals surface area contributed by atoms with E-state index in [1.54, 1.807) is 19.2 Å². The fourth-order valence-corrected chi connectivity index (χ4v) is 4.09. The Kier molecular flexibility index (Phi) is 5.88. The lowest BCUT2D eigenvalue weighted by Gasteiger charge is -2.15. The number of ether oxygens (including phenoxy) is 1. The number of hydrogen-bond acceptors (Lipinski definition) is 4. The van der Waals surface area contributed by atoms with Crippen molar-refractivity contribution in [2.75, 3.05) is 20.2 Å². The standard InChI is InChI=1S/C23H25FN4O3/c1-3-22(29)27-10-9-15(14-27)11-21-25-26-23(30)28(21)20-8-7-17(13-19(20)24)16-5-4-6-18(12-16)31-2/h4-8,12-13,15H,3,9-11,14H2,1-2H3,(H,26,30)/t15-/m0/s1. The summed E-state index contributed by atoms with van der Waals surface area (Å²) < 4.78 is 21.6. The van der Waals surface area contributed by atoms with Crippen molar-refractivity contribution >= 4 is 5.91 Å². The molecule has 2 heterocycles. The summed E-state index contributed by atoms with van der Waals surface area (Å²) in [7, 11) is 1.58. The number of aromatic nitrogens is 3. The van der Waals surface area contributed by atoms with Gasteiger partial charge in [0.2, 0.25) is 5.91 Å². The summed E-state index contributed by atoms with van der Waals surface area (Å²) in [6.07, 6.45) is 1.80. The van der Waals surface area contributed by atoms with Crippen LogP contribution in [0.25, 0.3) is 16.8 Å². The summed E-state index contributed by atoms with van der Waals surface area (Å²) in [5.41, 5.74) is 1.17. The van der Waals surface area contributed by atoms with Gasteiger partial charge in [-0.05, 0) is 47.7 Å². The van der Waals surface area contributed by atoms with Gasteiger partial charge in [0, 0.05) is 25.9 Å². The Hall–Kier alpha value is -3.42. The Morgan fingerprint density at radius 2 is 2.06 bits per heavy atom. The third-order valence-corrected chi connectivity index (χ3v) is 5.75. The first-order valence-electron chi connectivity index (χ1n) is 10.4. The van der Waals surface area contributed by atoms with Crippen molar-refractivity contribution in [3.63, 3.8) is 0 Å². The first kappa shape index (κ1) is 20.8. The molecular formula is C23H25FN4O3.